The number of thiocarbonyl (C=S) groups is 1. The van der Waals surface area contributed by atoms with Crippen LogP contribution in [0.15, 0.2) is 61.1 Å². The van der Waals surface area contributed by atoms with E-state index < -0.39 is 0 Å². The molecule has 0 radical (unpaired) electrons. The first-order valence-corrected chi connectivity index (χ1v) is 9.75. The van der Waals surface area contributed by atoms with Crippen molar-refractivity contribution < 1.29 is 0 Å². The van der Waals surface area contributed by atoms with Crippen LogP contribution in [0.1, 0.15) is 36.8 Å². The maximum absolute atomic E-state index is 6.01. The van der Waals surface area contributed by atoms with Gasteiger partial charge in [0.05, 0.1) is 22.8 Å². The number of halogens is 1. The van der Waals surface area contributed by atoms with Crippen molar-refractivity contribution in [3.05, 3.63) is 77.5 Å². The highest BCUT2D eigenvalue weighted by Crippen LogP contribution is 2.39. The smallest absolute Gasteiger partial charge is 0.170 e. The molecule has 3 aromatic heterocycles. The summed E-state index contributed by atoms with van der Waals surface area (Å²) in [5, 5.41) is 4.85. The molecule has 4 heterocycles. The zero-order chi connectivity index (χ0) is 18.8. The lowest BCUT2D eigenvalue weighted by atomic mass is 10.0. The first kappa shape index (κ1) is 17.9. The van der Waals surface area contributed by atoms with Gasteiger partial charge in [0.25, 0.3) is 0 Å². The van der Waals surface area contributed by atoms with Crippen LogP contribution in [0.2, 0.25) is 5.02 Å². The predicted octanol–water partition coefficient (Wildman–Crippen LogP) is 4.30. The number of rotatable bonds is 5. The summed E-state index contributed by atoms with van der Waals surface area (Å²) in [6.07, 6.45) is 6.51. The molecule has 0 aromatic carbocycles. The van der Waals surface area contributed by atoms with Crippen molar-refractivity contribution in [3.8, 4) is 5.82 Å². The first-order chi connectivity index (χ1) is 13.2. The molecule has 0 bridgehead atoms. The van der Waals surface area contributed by atoms with Crippen molar-refractivity contribution in [1.29, 1.82) is 0 Å². The van der Waals surface area contributed by atoms with E-state index in [-0.39, 0.29) is 12.1 Å². The molecule has 1 aliphatic heterocycles. The molecule has 0 unspecified atom stereocenters. The van der Waals surface area contributed by atoms with E-state index in [4.69, 9.17) is 23.8 Å². The zero-order valence-electron chi connectivity index (χ0n) is 14.9. The van der Waals surface area contributed by atoms with E-state index >= 15 is 0 Å². The third-order valence-electron chi connectivity index (χ3n) is 4.70. The molecule has 0 aliphatic carbocycles. The Morgan fingerprint density at radius 3 is 2.74 bits per heavy atom. The maximum atomic E-state index is 6.01. The van der Waals surface area contributed by atoms with E-state index in [0.29, 0.717) is 5.02 Å². The van der Waals surface area contributed by atoms with E-state index in [1.165, 1.54) is 0 Å². The molecule has 2 atom stereocenters. The zero-order valence-corrected chi connectivity index (χ0v) is 16.5. The lowest BCUT2D eigenvalue weighted by Gasteiger charge is -2.28. The highest BCUT2D eigenvalue weighted by atomic mass is 35.5. The fourth-order valence-electron chi connectivity index (χ4n) is 3.56. The van der Waals surface area contributed by atoms with Gasteiger partial charge in [-0.05, 0) is 55.0 Å². The van der Waals surface area contributed by atoms with Crippen molar-refractivity contribution in [2.45, 2.75) is 25.4 Å². The number of aromatic nitrogens is 3. The standard InChI is InChI=1S/C20H20ClN5S/c1-2-11-26-19(18(24-20(26)27)15-6-3-4-10-22-15)16-7-5-12-25(16)17-9-8-14(21)13-23-17/h3-10,12-13,18-19H,2,11H2,1H3,(H,24,27)/t18-,19-/m0/s1. The quantitative estimate of drug-likeness (QED) is 0.650. The van der Waals surface area contributed by atoms with Crippen molar-refractivity contribution in [2.24, 2.45) is 0 Å². The Labute approximate surface area is 169 Å². The molecule has 0 amide bonds. The van der Waals surface area contributed by atoms with Crippen molar-refractivity contribution in [2.75, 3.05) is 6.54 Å². The summed E-state index contributed by atoms with van der Waals surface area (Å²) in [6, 6.07) is 13.9. The second-order valence-corrected chi connectivity index (χ2v) is 7.28. The molecule has 0 spiro atoms. The minimum atomic E-state index is -0.0220. The third kappa shape index (κ3) is 3.42. The molecule has 0 saturated carbocycles. The second-order valence-electron chi connectivity index (χ2n) is 6.46. The van der Waals surface area contributed by atoms with Gasteiger partial charge in [-0.2, -0.15) is 0 Å². The molecule has 7 heteroatoms. The lowest BCUT2D eigenvalue weighted by molar-refractivity contribution is 0.308. The first-order valence-electron chi connectivity index (χ1n) is 8.96. The molecular weight excluding hydrogens is 378 g/mol. The van der Waals surface area contributed by atoms with E-state index in [9.17, 15) is 0 Å². The van der Waals surface area contributed by atoms with Gasteiger partial charge < -0.3 is 14.8 Å². The van der Waals surface area contributed by atoms with Gasteiger partial charge in [0.15, 0.2) is 5.11 Å². The van der Waals surface area contributed by atoms with Gasteiger partial charge >= 0.3 is 0 Å². The molecule has 1 N–H and O–H groups in total. The largest absolute Gasteiger partial charge is 0.352 e. The Hall–Kier alpha value is -2.44. The van der Waals surface area contributed by atoms with Gasteiger partial charge in [-0.15, -0.1) is 0 Å². The monoisotopic (exact) mass is 397 g/mol. The van der Waals surface area contributed by atoms with E-state index in [0.717, 1.165) is 35.3 Å². The SMILES string of the molecule is CCCN1C(=S)N[C@@H](c2ccccn2)[C@@H]1c1cccn1-c1ccc(Cl)cn1. The van der Waals surface area contributed by atoms with E-state index in [1.807, 2.05) is 48.8 Å². The van der Waals surface area contributed by atoms with Crippen LogP contribution in [0.3, 0.4) is 0 Å². The van der Waals surface area contributed by atoms with Gasteiger partial charge in [-0.3, -0.25) is 4.98 Å². The van der Waals surface area contributed by atoms with Crippen LogP contribution in [-0.2, 0) is 0 Å². The minimum Gasteiger partial charge on any atom is -0.352 e. The van der Waals surface area contributed by atoms with Gasteiger partial charge in [0.2, 0.25) is 0 Å². The molecule has 3 aromatic rings. The number of nitrogens with one attached hydrogen (secondary N) is 1. The van der Waals surface area contributed by atoms with E-state index in [2.05, 4.69) is 37.7 Å². The fourth-order valence-corrected chi connectivity index (χ4v) is 4.01. The van der Waals surface area contributed by atoms with Crippen LogP contribution in [0, 0.1) is 0 Å². The van der Waals surface area contributed by atoms with Crippen LogP contribution in [0.5, 0.6) is 0 Å². The molecular formula is C20H20ClN5S. The van der Waals surface area contributed by atoms with Crippen LogP contribution >= 0.6 is 23.8 Å². The molecule has 4 rings (SSSR count). The number of pyridine rings is 2. The Morgan fingerprint density at radius 1 is 1.15 bits per heavy atom. The fraction of sp³-hybridized carbons (Fsp3) is 0.250. The summed E-state index contributed by atoms with van der Waals surface area (Å²) >= 11 is 11.7. The van der Waals surface area contributed by atoms with Crippen molar-refractivity contribution in [1.82, 2.24) is 24.8 Å². The Morgan fingerprint density at radius 2 is 2.04 bits per heavy atom. The highest BCUT2D eigenvalue weighted by Gasteiger charge is 2.40. The molecule has 5 nitrogen and oxygen atoms in total. The summed E-state index contributed by atoms with van der Waals surface area (Å²) in [6.45, 7) is 3.03. The number of hydrogen-bond donors (Lipinski definition) is 1. The van der Waals surface area contributed by atoms with E-state index in [1.54, 1.807) is 6.20 Å². The number of hydrogen-bond acceptors (Lipinski definition) is 3. The van der Waals surface area contributed by atoms with Gasteiger partial charge in [0, 0.05) is 30.8 Å². The topological polar surface area (TPSA) is 46.0 Å². The lowest BCUT2D eigenvalue weighted by Crippen LogP contribution is -2.31. The van der Waals surface area contributed by atoms with Crippen LogP contribution in [0.25, 0.3) is 5.82 Å². The summed E-state index contributed by atoms with van der Waals surface area (Å²) in [5.74, 6) is 0.827. The predicted molar refractivity (Wildman–Crippen MR) is 111 cm³/mol. The summed E-state index contributed by atoms with van der Waals surface area (Å²) < 4.78 is 2.09. The van der Waals surface area contributed by atoms with Gasteiger partial charge in [0.1, 0.15) is 5.82 Å². The third-order valence-corrected chi connectivity index (χ3v) is 5.28. The van der Waals surface area contributed by atoms with Gasteiger partial charge in [-0.1, -0.05) is 24.6 Å². The average Bonchev–Trinajstić information content (AvgIpc) is 3.28. The molecule has 1 aliphatic rings. The average molecular weight is 398 g/mol. The van der Waals surface area contributed by atoms with Crippen LogP contribution < -0.4 is 5.32 Å². The van der Waals surface area contributed by atoms with Crippen molar-refractivity contribution >= 4 is 28.9 Å². The summed E-state index contributed by atoms with van der Waals surface area (Å²) in [4.78, 5) is 11.3. The molecule has 1 saturated heterocycles. The Bertz CT molecular complexity index is 925. The minimum absolute atomic E-state index is 0.0220. The Kier molecular flexibility index (Phi) is 5.09. The van der Waals surface area contributed by atoms with Crippen LogP contribution in [0.4, 0.5) is 0 Å². The number of nitrogens with zero attached hydrogens (tertiary/aromatic N) is 4. The summed E-state index contributed by atoms with van der Waals surface area (Å²) in [5.41, 5.74) is 2.08. The van der Waals surface area contributed by atoms with Gasteiger partial charge in [-0.25, -0.2) is 4.98 Å². The Balaban J connectivity index is 1.80. The van der Waals surface area contributed by atoms with Crippen molar-refractivity contribution in [3.63, 3.8) is 0 Å². The second kappa shape index (κ2) is 7.66. The van der Waals surface area contributed by atoms with Crippen LogP contribution in [-0.4, -0.2) is 31.1 Å². The maximum Gasteiger partial charge on any atom is 0.170 e. The molecule has 1 fully saturated rings. The molecule has 27 heavy (non-hydrogen) atoms. The normalized spacial score (nSPS) is 19.3. The highest BCUT2D eigenvalue weighted by molar-refractivity contribution is 7.80. The summed E-state index contributed by atoms with van der Waals surface area (Å²) in [7, 11) is 0. The molecule has 138 valence electrons.